The van der Waals surface area contributed by atoms with Crippen molar-refractivity contribution in [3.8, 4) is 0 Å². The lowest BCUT2D eigenvalue weighted by Crippen LogP contribution is -2.24. The minimum atomic E-state index is 0.178. The van der Waals surface area contributed by atoms with Gasteiger partial charge in [0.1, 0.15) is 5.82 Å². The molecule has 0 amide bonds. The summed E-state index contributed by atoms with van der Waals surface area (Å²) in [5.41, 5.74) is 1.27. The molecular weight excluding hydrogens is 298 g/mol. The Morgan fingerprint density at radius 2 is 2.35 bits per heavy atom. The van der Waals surface area contributed by atoms with Gasteiger partial charge in [-0.1, -0.05) is 6.92 Å². The van der Waals surface area contributed by atoms with E-state index in [1.165, 1.54) is 5.56 Å². The van der Waals surface area contributed by atoms with Crippen molar-refractivity contribution in [2.45, 2.75) is 26.4 Å². The Balaban J connectivity index is 2.35. The molecule has 1 N–H and O–H groups in total. The number of rotatable bonds is 5. The zero-order chi connectivity index (χ0) is 12.3. The molecule has 0 bridgehead atoms. The lowest BCUT2D eigenvalue weighted by atomic mass is 10.1. The third kappa shape index (κ3) is 2.78. The number of thiophene rings is 1. The second-order valence-electron chi connectivity index (χ2n) is 3.75. The number of halogens is 1. The van der Waals surface area contributed by atoms with Gasteiger partial charge in [-0.15, -0.1) is 11.3 Å². The van der Waals surface area contributed by atoms with Crippen LogP contribution < -0.4 is 5.32 Å². The summed E-state index contributed by atoms with van der Waals surface area (Å²) in [5.74, 6) is 1.08. The van der Waals surface area contributed by atoms with E-state index in [2.05, 4.69) is 56.1 Å². The summed E-state index contributed by atoms with van der Waals surface area (Å²) in [4.78, 5) is 4.48. The van der Waals surface area contributed by atoms with Crippen molar-refractivity contribution in [1.29, 1.82) is 0 Å². The normalized spacial score (nSPS) is 12.9. The van der Waals surface area contributed by atoms with Gasteiger partial charge in [-0.25, -0.2) is 4.98 Å². The second-order valence-corrected chi connectivity index (χ2v) is 6.04. The predicted molar refractivity (Wildman–Crippen MR) is 75.4 cm³/mol. The first-order chi connectivity index (χ1) is 8.26. The van der Waals surface area contributed by atoms with Crippen molar-refractivity contribution in [1.82, 2.24) is 14.9 Å². The highest BCUT2D eigenvalue weighted by Gasteiger charge is 2.18. The number of imidazole rings is 1. The summed E-state index contributed by atoms with van der Waals surface area (Å²) in [6.07, 6.45) is 3.89. The molecule has 0 radical (unpaired) electrons. The van der Waals surface area contributed by atoms with E-state index >= 15 is 0 Å². The maximum absolute atomic E-state index is 4.48. The van der Waals surface area contributed by atoms with Crippen LogP contribution in [0.4, 0.5) is 0 Å². The molecule has 0 spiro atoms. The molecule has 17 heavy (non-hydrogen) atoms. The average molecular weight is 314 g/mol. The Bertz CT molecular complexity index is 478. The fourth-order valence-electron chi connectivity index (χ4n) is 1.89. The molecule has 2 rings (SSSR count). The molecule has 2 heterocycles. The zero-order valence-electron chi connectivity index (χ0n) is 9.98. The molecule has 2 aromatic heterocycles. The molecular formula is C12H16BrN3S. The van der Waals surface area contributed by atoms with Crippen LogP contribution in [0.2, 0.25) is 0 Å². The van der Waals surface area contributed by atoms with E-state index in [0.29, 0.717) is 0 Å². The van der Waals surface area contributed by atoms with Gasteiger partial charge in [0, 0.05) is 18.9 Å². The van der Waals surface area contributed by atoms with Crippen molar-refractivity contribution in [2.24, 2.45) is 0 Å². The highest BCUT2D eigenvalue weighted by Crippen LogP contribution is 2.28. The molecule has 0 fully saturated rings. The monoisotopic (exact) mass is 313 g/mol. The van der Waals surface area contributed by atoms with E-state index in [4.69, 9.17) is 0 Å². The fourth-order valence-corrected chi connectivity index (χ4v) is 3.09. The molecule has 0 aromatic carbocycles. The summed E-state index contributed by atoms with van der Waals surface area (Å²) in [5, 5.41) is 5.66. The van der Waals surface area contributed by atoms with Crippen molar-refractivity contribution in [3.05, 3.63) is 39.0 Å². The molecule has 1 atom stereocenters. The summed E-state index contributed by atoms with van der Waals surface area (Å²) < 4.78 is 3.34. The van der Waals surface area contributed by atoms with Crippen LogP contribution in [0.25, 0.3) is 0 Å². The number of nitrogens with zero attached hydrogens (tertiary/aromatic N) is 2. The Kier molecular flexibility index (Phi) is 4.36. The smallest absolute Gasteiger partial charge is 0.130 e. The first-order valence-electron chi connectivity index (χ1n) is 5.74. The summed E-state index contributed by atoms with van der Waals surface area (Å²) in [6.45, 7) is 6.13. The third-order valence-corrected chi connectivity index (χ3v) is 4.20. The molecule has 0 aliphatic carbocycles. The maximum atomic E-state index is 4.48. The zero-order valence-corrected chi connectivity index (χ0v) is 12.4. The average Bonchev–Trinajstić information content (AvgIpc) is 2.94. The van der Waals surface area contributed by atoms with Gasteiger partial charge < -0.3 is 9.88 Å². The molecule has 92 valence electrons. The van der Waals surface area contributed by atoms with Gasteiger partial charge in [0.05, 0.1) is 9.83 Å². The maximum Gasteiger partial charge on any atom is 0.130 e. The van der Waals surface area contributed by atoms with Crippen LogP contribution in [0.1, 0.15) is 31.3 Å². The minimum absolute atomic E-state index is 0.178. The van der Waals surface area contributed by atoms with Gasteiger partial charge in [0.25, 0.3) is 0 Å². The Labute approximate surface area is 114 Å². The second kappa shape index (κ2) is 5.80. The van der Waals surface area contributed by atoms with Crippen LogP contribution in [-0.2, 0) is 6.54 Å². The van der Waals surface area contributed by atoms with E-state index in [1.54, 1.807) is 11.3 Å². The summed E-state index contributed by atoms with van der Waals surface area (Å²) in [7, 11) is 0. The number of hydrogen-bond donors (Lipinski definition) is 1. The lowest BCUT2D eigenvalue weighted by Gasteiger charge is -2.17. The van der Waals surface area contributed by atoms with Crippen LogP contribution in [0.5, 0.6) is 0 Å². The SMILES string of the molecule is CCNC(c1csc(Br)c1)c1nccn1CC. The molecule has 3 nitrogen and oxygen atoms in total. The van der Waals surface area contributed by atoms with E-state index in [-0.39, 0.29) is 6.04 Å². The van der Waals surface area contributed by atoms with Crippen LogP contribution in [0.15, 0.2) is 27.6 Å². The van der Waals surface area contributed by atoms with Crippen LogP contribution in [0, 0.1) is 0 Å². The molecule has 1 unspecified atom stereocenters. The van der Waals surface area contributed by atoms with E-state index in [0.717, 1.165) is 22.7 Å². The minimum Gasteiger partial charge on any atom is -0.334 e. The molecule has 0 aliphatic rings. The van der Waals surface area contributed by atoms with Crippen molar-refractivity contribution in [2.75, 3.05) is 6.54 Å². The Hall–Kier alpha value is -0.650. The quantitative estimate of drug-likeness (QED) is 0.916. The van der Waals surface area contributed by atoms with Crippen molar-refractivity contribution < 1.29 is 0 Å². The fraction of sp³-hybridized carbons (Fsp3) is 0.417. The molecule has 0 saturated carbocycles. The Morgan fingerprint density at radius 1 is 1.53 bits per heavy atom. The Morgan fingerprint density at radius 3 is 2.94 bits per heavy atom. The third-order valence-electron chi connectivity index (χ3n) is 2.68. The predicted octanol–water partition coefficient (Wildman–Crippen LogP) is 3.43. The molecule has 2 aromatic rings. The van der Waals surface area contributed by atoms with E-state index < -0.39 is 0 Å². The largest absolute Gasteiger partial charge is 0.334 e. The first-order valence-corrected chi connectivity index (χ1v) is 7.41. The van der Waals surface area contributed by atoms with Gasteiger partial charge >= 0.3 is 0 Å². The van der Waals surface area contributed by atoms with Crippen molar-refractivity contribution in [3.63, 3.8) is 0 Å². The summed E-state index contributed by atoms with van der Waals surface area (Å²) in [6, 6.07) is 2.34. The number of hydrogen-bond acceptors (Lipinski definition) is 3. The van der Waals surface area contributed by atoms with Gasteiger partial charge in [0.15, 0.2) is 0 Å². The van der Waals surface area contributed by atoms with Gasteiger partial charge in [0.2, 0.25) is 0 Å². The van der Waals surface area contributed by atoms with E-state index in [9.17, 15) is 0 Å². The highest BCUT2D eigenvalue weighted by molar-refractivity contribution is 9.11. The topological polar surface area (TPSA) is 29.9 Å². The molecule has 0 aliphatic heterocycles. The van der Waals surface area contributed by atoms with Crippen LogP contribution >= 0.6 is 27.3 Å². The molecule has 0 saturated heterocycles. The van der Waals surface area contributed by atoms with Crippen LogP contribution in [-0.4, -0.2) is 16.1 Å². The van der Waals surface area contributed by atoms with Crippen molar-refractivity contribution >= 4 is 27.3 Å². The number of aryl methyl sites for hydroxylation is 1. The highest BCUT2D eigenvalue weighted by atomic mass is 79.9. The van der Waals surface area contributed by atoms with Crippen LogP contribution in [0.3, 0.4) is 0 Å². The number of nitrogens with one attached hydrogen (secondary N) is 1. The van der Waals surface area contributed by atoms with Gasteiger partial charge in [-0.05, 0) is 46.4 Å². The van der Waals surface area contributed by atoms with E-state index in [1.807, 2.05) is 12.4 Å². The van der Waals surface area contributed by atoms with Gasteiger partial charge in [-0.2, -0.15) is 0 Å². The first kappa shape index (κ1) is 12.8. The summed E-state index contributed by atoms with van der Waals surface area (Å²) >= 11 is 5.22. The standard InChI is InChI=1S/C12H16BrN3S/c1-3-14-11(9-7-10(13)17-8-9)12-15-5-6-16(12)4-2/h5-8,11,14H,3-4H2,1-2H3. The molecule has 5 heteroatoms. The van der Waals surface area contributed by atoms with Gasteiger partial charge in [-0.3, -0.25) is 0 Å². The lowest BCUT2D eigenvalue weighted by molar-refractivity contribution is 0.560. The number of aromatic nitrogens is 2.